The summed E-state index contributed by atoms with van der Waals surface area (Å²) in [6.45, 7) is 3.84. The van der Waals surface area contributed by atoms with Crippen LogP contribution >= 0.6 is 0 Å². The minimum atomic E-state index is 0.207. The topological polar surface area (TPSA) is 116 Å². The summed E-state index contributed by atoms with van der Waals surface area (Å²) >= 11 is 0. The van der Waals surface area contributed by atoms with Crippen molar-refractivity contribution in [2.24, 2.45) is 5.73 Å². The summed E-state index contributed by atoms with van der Waals surface area (Å²) in [6, 6.07) is 11.0. The molecule has 0 amide bonds. The lowest BCUT2D eigenvalue weighted by Crippen LogP contribution is -2.56. The van der Waals surface area contributed by atoms with Gasteiger partial charge in [0.05, 0.1) is 23.8 Å². The molecule has 2 fully saturated rings. The molecule has 6 heterocycles. The normalized spacial score (nSPS) is 16.8. The number of aromatic amines is 2. The molecule has 5 aromatic rings. The lowest BCUT2D eigenvalue weighted by atomic mass is 10.1. The minimum Gasteiger partial charge on any atom is -0.371 e. The molecule has 2 aliphatic rings. The summed E-state index contributed by atoms with van der Waals surface area (Å²) < 4.78 is 0. The van der Waals surface area contributed by atoms with Crippen LogP contribution < -0.4 is 15.5 Å². The van der Waals surface area contributed by atoms with E-state index in [-0.39, 0.29) is 6.04 Å². The Bertz CT molecular complexity index is 1520. The highest BCUT2D eigenvalue weighted by Crippen LogP contribution is 2.35. The van der Waals surface area contributed by atoms with Crippen molar-refractivity contribution in [2.45, 2.75) is 25.3 Å². The largest absolute Gasteiger partial charge is 0.371 e. The fourth-order valence-corrected chi connectivity index (χ4v) is 5.27. The van der Waals surface area contributed by atoms with Gasteiger partial charge in [-0.1, -0.05) is 6.07 Å². The maximum Gasteiger partial charge on any atom is 0.155 e. The number of nitrogens with one attached hydrogen (secondary N) is 2. The van der Waals surface area contributed by atoms with Crippen LogP contribution in [0.2, 0.25) is 0 Å². The quantitative estimate of drug-likeness (QED) is 0.371. The van der Waals surface area contributed by atoms with Crippen molar-refractivity contribution in [3.05, 3.63) is 48.9 Å². The molecule has 2 aliphatic heterocycles. The number of fused-ring (bicyclic) bond motifs is 2. The van der Waals surface area contributed by atoms with Crippen molar-refractivity contribution < 1.29 is 0 Å². The Kier molecular flexibility index (Phi) is 4.70. The van der Waals surface area contributed by atoms with Crippen LogP contribution in [0.3, 0.4) is 0 Å². The van der Waals surface area contributed by atoms with Gasteiger partial charge in [-0.3, -0.25) is 10.1 Å². The highest BCUT2D eigenvalue weighted by atomic mass is 15.3. The van der Waals surface area contributed by atoms with Crippen molar-refractivity contribution in [3.63, 3.8) is 0 Å². The van der Waals surface area contributed by atoms with Gasteiger partial charge in [0.25, 0.3) is 0 Å². The molecular weight excluding hydrogens is 438 g/mol. The molecule has 0 saturated carbocycles. The van der Waals surface area contributed by atoms with Gasteiger partial charge in [0.15, 0.2) is 5.65 Å². The van der Waals surface area contributed by atoms with Gasteiger partial charge >= 0.3 is 0 Å². The molecular formula is C26H27N9. The van der Waals surface area contributed by atoms with Gasteiger partial charge in [-0.05, 0) is 43.5 Å². The van der Waals surface area contributed by atoms with E-state index in [9.17, 15) is 0 Å². The smallest absolute Gasteiger partial charge is 0.155 e. The average molecular weight is 466 g/mol. The lowest BCUT2D eigenvalue weighted by molar-refractivity contribution is 0.514. The summed E-state index contributed by atoms with van der Waals surface area (Å²) in [7, 11) is 0. The third-order valence-electron chi connectivity index (χ3n) is 7.16. The van der Waals surface area contributed by atoms with Gasteiger partial charge < -0.3 is 20.5 Å². The SMILES string of the molecule is NC1CN(c2cncc(-c3cnc4[nH]nc(-c5cc6c(N7CCCCC7)cccc6[nH]5)c4c3)n2)C1. The van der Waals surface area contributed by atoms with E-state index in [1.165, 1.54) is 30.3 Å². The molecule has 4 N–H and O–H groups in total. The van der Waals surface area contributed by atoms with Crippen LogP contribution in [0.15, 0.2) is 48.9 Å². The third kappa shape index (κ3) is 3.50. The second kappa shape index (κ2) is 8.06. The first-order chi connectivity index (χ1) is 17.2. The molecule has 0 bridgehead atoms. The number of piperidine rings is 1. The molecule has 2 saturated heterocycles. The van der Waals surface area contributed by atoms with Gasteiger partial charge in [-0.2, -0.15) is 5.10 Å². The van der Waals surface area contributed by atoms with Gasteiger partial charge in [0.1, 0.15) is 11.5 Å². The molecule has 35 heavy (non-hydrogen) atoms. The number of anilines is 2. The van der Waals surface area contributed by atoms with Crippen molar-refractivity contribution in [1.82, 2.24) is 30.1 Å². The van der Waals surface area contributed by atoms with E-state index < -0.39 is 0 Å². The summed E-state index contributed by atoms with van der Waals surface area (Å²) in [6.07, 6.45) is 9.20. The van der Waals surface area contributed by atoms with Crippen LogP contribution in [0.4, 0.5) is 11.5 Å². The number of rotatable bonds is 4. The van der Waals surface area contributed by atoms with Crippen molar-refractivity contribution >= 4 is 33.4 Å². The summed E-state index contributed by atoms with van der Waals surface area (Å²) in [5, 5.41) is 9.90. The van der Waals surface area contributed by atoms with Crippen molar-refractivity contribution in [3.8, 4) is 22.6 Å². The zero-order chi connectivity index (χ0) is 23.4. The van der Waals surface area contributed by atoms with Gasteiger partial charge in [0.2, 0.25) is 0 Å². The Morgan fingerprint density at radius 2 is 1.83 bits per heavy atom. The molecule has 9 nitrogen and oxygen atoms in total. The Labute approximate surface area is 202 Å². The van der Waals surface area contributed by atoms with Crippen LogP contribution in [-0.2, 0) is 0 Å². The fourth-order valence-electron chi connectivity index (χ4n) is 5.27. The van der Waals surface area contributed by atoms with Crippen LogP contribution in [0.25, 0.3) is 44.6 Å². The molecule has 0 spiro atoms. The van der Waals surface area contributed by atoms with E-state index in [1.807, 2.05) is 6.20 Å². The number of nitrogens with two attached hydrogens (primary N) is 1. The van der Waals surface area contributed by atoms with Crippen LogP contribution in [0.5, 0.6) is 0 Å². The van der Waals surface area contributed by atoms with Gasteiger partial charge in [-0.25, -0.2) is 9.97 Å². The highest BCUT2D eigenvalue weighted by Gasteiger charge is 2.25. The second-order valence-corrected chi connectivity index (χ2v) is 9.59. The highest BCUT2D eigenvalue weighted by molar-refractivity contribution is 6.00. The number of benzene rings is 1. The zero-order valence-electron chi connectivity index (χ0n) is 19.4. The second-order valence-electron chi connectivity index (χ2n) is 9.59. The minimum absolute atomic E-state index is 0.207. The molecule has 1 aromatic carbocycles. The Balaban J connectivity index is 1.28. The Hall–Kier alpha value is -3.98. The lowest BCUT2D eigenvalue weighted by Gasteiger charge is -2.37. The first kappa shape index (κ1) is 20.4. The predicted octanol–water partition coefficient (Wildman–Crippen LogP) is 3.70. The zero-order valence-corrected chi connectivity index (χ0v) is 19.4. The molecule has 0 radical (unpaired) electrons. The number of hydrogen-bond donors (Lipinski definition) is 3. The summed E-state index contributed by atoms with van der Waals surface area (Å²) in [5.74, 6) is 0.845. The standard InChI is InChI=1S/C26H27N9/c27-17-14-35(15-17)24-13-28-12-22(31-24)16-9-19-25(32-33-26(19)29-11-16)21-10-18-20(30-21)5-4-6-23(18)34-7-2-1-3-8-34/h4-6,9-13,17,30H,1-3,7-8,14-15,27H2,(H,29,32,33). The monoisotopic (exact) mass is 465 g/mol. The number of H-pyrrole nitrogens is 2. The first-order valence-corrected chi connectivity index (χ1v) is 12.3. The van der Waals surface area contributed by atoms with E-state index in [1.54, 1.807) is 12.4 Å². The van der Waals surface area contributed by atoms with E-state index in [0.29, 0.717) is 0 Å². The molecule has 0 atom stereocenters. The van der Waals surface area contributed by atoms with Crippen molar-refractivity contribution in [2.75, 3.05) is 36.0 Å². The Morgan fingerprint density at radius 1 is 0.943 bits per heavy atom. The maximum atomic E-state index is 5.94. The molecule has 176 valence electrons. The summed E-state index contributed by atoms with van der Waals surface area (Å²) in [5.41, 5.74) is 12.6. The number of nitrogens with zero attached hydrogens (tertiary/aromatic N) is 6. The van der Waals surface area contributed by atoms with Gasteiger partial charge in [-0.15, -0.1) is 0 Å². The number of pyridine rings is 1. The van der Waals surface area contributed by atoms with Crippen molar-refractivity contribution in [1.29, 1.82) is 0 Å². The van der Waals surface area contributed by atoms with E-state index in [2.05, 4.69) is 65.3 Å². The first-order valence-electron chi connectivity index (χ1n) is 12.3. The van der Waals surface area contributed by atoms with E-state index in [0.717, 1.165) is 71.2 Å². The van der Waals surface area contributed by atoms with E-state index in [4.69, 9.17) is 10.7 Å². The van der Waals surface area contributed by atoms with Crippen LogP contribution in [0, 0.1) is 0 Å². The molecule has 9 heteroatoms. The predicted molar refractivity (Wildman–Crippen MR) is 138 cm³/mol. The Morgan fingerprint density at radius 3 is 2.69 bits per heavy atom. The summed E-state index contributed by atoms with van der Waals surface area (Å²) in [4.78, 5) is 22.1. The van der Waals surface area contributed by atoms with E-state index >= 15 is 0 Å². The molecule has 0 unspecified atom stereocenters. The molecule has 7 rings (SSSR count). The average Bonchev–Trinajstić information content (AvgIpc) is 3.51. The number of aromatic nitrogens is 6. The third-order valence-corrected chi connectivity index (χ3v) is 7.16. The van der Waals surface area contributed by atoms with Crippen LogP contribution in [-0.4, -0.2) is 62.4 Å². The maximum absolute atomic E-state index is 5.94. The fraction of sp³-hybridized carbons (Fsp3) is 0.308. The molecule has 4 aromatic heterocycles. The number of hydrogen-bond acceptors (Lipinski definition) is 7. The van der Waals surface area contributed by atoms with Crippen LogP contribution in [0.1, 0.15) is 19.3 Å². The molecule has 0 aliphatic carbocycles. The van der Waals surface area contributed by atoms with Gasteiger partial charge in [0, 0.05) is 66.0 Å².